The van der Waals surface area contributed by atoms with Crippen molar-refractivity contribution in [2.75, 3.05) is 0 Å². The fraction of sp³-hybridized carbons (Fsp3) is 0.105. The van der Waals surface area contributed by atoms with Gasteiger partial charge in [0.15, 0.2) is 5.65 Å². The molecule has 0 bridgehead atoms. The summed E-state index contributed by atoms with van der Waals surface area (Å²) in [6.07, 6.45) is 2.67. The number of oxazole rings is 1. The minimum Gasteiger partial charge on any atom is -0.443 e. The highest BCUT2D eigenvalue weighted by Gasteiger charge is 2.28. The number of aromatic nitrogens is 3. The van der Waals surface area contributed by atoms with Crippen LogP contribution in [0.3, 0.4) is 0 Å². The zero-order valence-corrected chi connectivity index (χ0v) is 16.4. The summed E-state index contributed by atoms with van der Waals surface area (Å²) in [5.41, 5.74) is 1.94. The van der Waals surface area contributed by atoms with Gasteiger partial charge in [-0.1, -0.05) is 29.3 Å². The Hall–Kier alpha value is -3.15. The van der Waals surface area contributed by atoms with Crippen LogP contribution in [-0.2, 0) is 10.0 Å². The van der Waals surface area contributed by atoms with E-state index in [-0.39, 0.29) is 32.7 Å². The van der Waals surface area contributed by atoms with Crippen molar-refractivity contribution in [3.05, 3.63) is 64.6 Å². The normalized spacial score (nSPS) is 11.6. The van der Waals surface area contributed by atoms with Gasteiger partial charge < -0.3 is 4.42 Å². The van der Waals surface area contributed by atoms with Crippen molar-refractivity contribution in [2.24, 2.45) is 0 Å². The second-order valence-corrected chi connectivity index (χ2v) is 8.41. The molecule has 3 heterocycles. The first-order valence-corrected chi connectivity index (χ1v) is 9.99. The first-order valence-electron chi connectivity index (χ1n) is 8.17. The summed E-state index contributed by atoms with van der Waals surface area (Å²) in [5, 5.41) is 9.65. The van der Waals surface area contributed by atoms with Crippen LogP contribution in [0, 0.1) is 25.2 Å². The smallest absolute Gasteiger partial charge is 0.270 e. The fourth-order valence-electron chi connectivity index (χ4n) is 2.85. The highest BCUT2D eigenvalue weighted by molar-refractivity contribution is 7.90. The Balaban J connectivity index is 2.10. The maximum absolute atomic E-state index is 13.4. The third-order valence-electron chi connectivity index (χ3n) is 4.24. The van der Waals surface area contributed by atoms with Gasteiger partial charge in [0.1, 0.15) is 18.0 Å². The quantitative estimate of drug-likeness (QED) is 0.502. The largest absolute Gasteiger partial charge is 0.443 e. The number of aryl methyl sites for hydroxylation is 2. The third kappa shape index (κ3) is 2.76. The summed E-state index contributed by atoms with van der Waals surface area (Å²) in [5.74, 6) is 0.112. The van der Waals surface area contributed by atoms with Crippen molar-refractivity contribution in [3.63, 3.8) is 0 Å². The van der Waals surface area contributed by atoms with Crippen LogP contribution in [0.1, 0.15) is 16.8 Å². The van der Waals surface area contributed by atoms with Crippen molar-refractivity contribution in [3.8, 4) is 17.7 Å². The maximum atomic E-state index is 13.4. The predicted octanol–water partition coefficient (Wildman–Crippen LogP) is 4.07. The minimum absolute atomic E-state index is 0.0856. The van der Waals surface area contributed by atoms with Gasteiger partial charge >= 0.3 is 0 Å². The highest BCUT2D eigenvalue weighted by Crippen LogP contribution is 2.35. The average Bonchev–Trinajstić information content (AvgIpc) is 3.26. The zero-order valence-electron chi connectivity index (χ0n) is 14.8. The van der Waals surface area contributed by atoms with E-state index in [4.69, 9.17) is 16.0 Å². The van der Waals surface area contributed by atoms with Gasteiger partial charge in [0, 0.05) is 11.6 Å². The fourth-order valence-corrected chi connectivity index (χ4v) is 4.54. The van der Waals surface area contributed by atoms with E-state index in [2.05, 4.69) is 9.97 Å². The van der Waals surface area contributed by atoms with Crippen molar-refractivity contribution < 1.29 is 12.8 Å². The molecule has 0 saturated carbocycles. The van der Waals surface area contributed by atoms with Gasteiger partial charge in [0.2, 0.25) is 5.89 Å². The van der Waals surface area contributed by atoms with E-state index < -0.39 is 10.0 Å². The molecule has 0 N–H and O–H groups in total. The molecule has 1 aromatic carbocycles. The summed E-state index contributed by atoms with van der Waals surface area (Å²) in [7, 11) is -4.03. The molecule has 4 aromatic rings. The molecular weight excluding hydrogens is 400 g/mol. The minimum atomic E-state index is -4.03. The Morgan fingerprint density at radius 1 is 1.21 bits per heavy atom. The van der Waals surface area contributed by atoms with E-state index in [1.54, 1.807) is 19.1 Å². The second-order valence-electron chi connectivity index (χ2n) is 6.24. The molecule has 140 valence electrons. The molecule has 0 atom stereocenters. The monoisotopic (exact) mass is 412 g/mol. The van der Waals surface area contributed by atoms with Crippen LogP contribution in [0.25, 0.3) is 22.6 Å². The van der Waals surface area contributed by atoms with Crippen LogP contribution in [0.2, 0.25) is 5.02 Å². The lowest BCUT2D eigenvalue weighted by atomic mass is 10.2. The van der Waals surface area contributed by atoms with Gasteiger partial charge in [0.25, 0.3) is 10.0 Å². The van der Waals surface area contributed by atoms with Gasteiger partial charge in [0.05, 0.1) is 21.2 Å². The molecule has 0 spiro atoms. The van der Waals surface area contributed by atoms with E-state index in [9.17, 15) is 13.7 Å². The first kappa shape index (κ1) is 18.2. The van der Waals surface area contributed by atoms with Crippen molar-refractivity contribution in [1.29, 1.82) is 5.26 Å². The lowest BCUT2D eigenvalue weighted by molar-refractivity contribution is 0.565. The number of fused-ring (bicyclic) bond motifs is 1. The SMILES string of the molecule is Cc1ccc(S(=O)(=O)n2c(-c3nc(C)co3)cc3c(Cl)c(C#N)cnc32)cc1. The van der Waals surface area contributed by atoms with Gasteiger partial charge in [-0.3, -0.25) is 0 Å². The third-order valence-corrected chi connectivity index (χ3v) is 6.37. The Bertz CT molecular complexity index is 1360. The molecule has 0 radical (unpaired) electrons. The molecule has 0 amide bonds. The molecule has 9 heteroatoms. The number of rotatable bonds is 3. The zero-order chi connectivity index (χ0) is 20.1. The Labute approximate surface area is 165 Å². The van der Waals surface area contributed by atoms with Gasteiger partial charge in [-0.25, -0.2) is 22.4 Å². The lowest BCUT2D eigenvalue weighted by Gasteiger charge is -2.10. The van der Waals surface area contributed by atoms with Gasteiger partial charge in [-0.2, -0.15) is 5.26 Å². The van der Waals surface area contributed by atoms with Crippen molar-refractivity contribution in [1.82, 2.24) is 13.9 Å². The topological polar surface area (TPSA) is 102 Å². The summed E-state index contributed by atoms with van der Waals surface area (Å²) in [6, 6.07) is 9.92. The molecule has 0 aliphatic carbocycles. The number of hydrogen-bond donors (Lipinski definition) is 0. The standard InChI is InChI=1S/C19H13ClN4O3S/c1-11-3-5-14(6-4-11)28(25,26)24-16(19-23-12(2)10-27-19)7-15-17(20)13(8-21)9-22-18(15)24/h3-7,9-10H,1-2H3. The van der Waals surface area contributed by atoms with Gasteiger partial charge in [-0.15, -0.1) is 0 Å². The molecular formula is C19H13ClN4O3S. The number of hydrogen-bond acceptors (Lipinski definition) is 6. The summed E-state index contributed by atoms with van der Waals surface area (Å²) >= 11 is 6.31. The van der Waals surface area contributed by atoms with E-state index in [1.807, 2.05) is 13.0 Å². The Morgan fingerprint density at radius 3 is 2.54 bits per heavy atom. The van der Waals surface area contributed by atoms with Crippen molar-refractivity contribution in [2.45, 2.75) is 18.7 Å². The van der Waals surface area contributed by atoms with Crippen molar-refractivity contribution >= 4 is 32.7 Å². The molecule has 0 fully saturated rings. The van der Waals surface area contributed by atoms with Crippen LogP contribution >= 0.6 is 11.6 Å². The molecule has 0 saturated heterocycles. The number of nitrogens with zero attached hydrogens (tertiary/aromatic N) is 4. The average molecular weight is 413 g/mol. The van der Waals surface area contributed by atoms with E-state index >= 15 is 0 Å². The molecule has 28 heavy (non-hydrogen) atoms. The first-order chi connectivity index (χ1) is 13.3. The Morgan fingerprint density at radius 2 is 1.93 bits per heavy atom. The highest BCUT2D eigenvalue weighted by atomic mass is 35.5. The van der Waals surface area contributed by atoms with Crippen LogP contribution < -0.4 is 0 Å². The van der Waals surface area contributed by atoms with E-state index in [0.29, 0.717) is 11.1 Å². The summed E-state index contributed by atoms with van der Waals surface area (Å²) < 4.78 is 33.3. The number of nitriles is 1. The van der Waals surface area contributed by atoms with Crippen LogP contribution in [0.5, 0.6) is 0 Å². The molecule has 4 rings (SSSR count). The summed E-state index contributed by atoms with van der Waals surface area (Å²) in [6.45, 7) is 3.60. The van der Waals surface area contributed by atoms with Crippen LogP contribution in [0.15, 0.2) is 52.1 Å². The number of halogens is 1. The van der Waals surface area contributed by atoms with E-state index in [0.717, 1.165) is 9.54 Å². The molecule has 0 unspecified atom stereocenters. The lowest BCUT2D eigenvalue weighted by Crippen LogP contribution is -2.15. The molecule has 7 nitrogen and oxygen atoms in total. The predicted molar refractivity (Wildman–Crippen MR) is 103 cm³/mol. The van der Waals surface area contributed by atoms with Crippen LogP contribution in [0.4, 0.5) is 0 Å². The van der Waals surface area contributed by atoms with Gasteiger partial charge in [-0.05, 0) is 32.0 Å². The Kier molecular flexibility index (Phi) is 4.22. The molecule has 0 aliphatic rings. The van der Waals surface area contributed by atoms with E-state index in [1.165, 1.54) is 30.7 Å². The second kappa shape index (κ2) is 6.48. The number of benzene rings is 1. The summed E-state index contributed by atoms with van der Waals surface area (Å²) in [4.78, 5) is 8.51. The number of pyridine rings is 1. The molecule has 0 aliphatic heterocycles. The van der Waals surface area contributed by atoms with Crippen LogP contribution in [-0.4, -0.2) is 22.4 Å². The maximum Gasteiger partial charge on any atom is 0.270 e. The molecule has 3 aromatic heterocycles.